The van der Waals surface area contributed by atoms with Gasteiger partial charge in [0.05, 0.1) is 6.04 Å². The molecule has 24 heavy (non-hydrogen) atoms. The first kappa shape index (κ1) is 20.1. The van der Waals surface area contributed by atoms with E-state index < -0.39 is 23.8 Å². The highest BCUT2D eigenvalue weighted by molar-refractivity contribution is 5.68. The van der Waals surface area contributed by atoms with Crippen molar-refractivity contribution in [2.45, 2.75) is 65.7 Å². The van der Waals surface area contributed by atoms with Gasteiger partial charge < -0.3 is 15.2 Å². The number of aliphatic hydroxyl groups excluding tert-OH is 1. The molecule has 0 spiro atoms. The molecule has 2 atom stereocenters. The van der Waals surface area contributed by atoms with Gasteiger partial charge in [-0.25, -0.2) is 4.79 Å². The monoisotopic (exact) mass is 331 g/mol. The van der Waals surface area contributed by atoms with E-state index in [9.17, 15) is 9.90 Å². The molecule has 0 aromatic heterocycles. The summed E-state index contributed by atoms with van der Waals surface area (Å²) in [4.78, 5) is 12.1. The molecule has 0 aliphatic carbocycles. The van der Waals surface area contributed by atoms with Gasteiger partial charge in [0.1, 0.15) is 11.7 Å². The topological polar surface area (TPSA) is 58.6 Å². The van der Waals surface area contributed by atoms with Crippen LogP contribution in [-0.2, 0) is 11.2 Å². The third kappa shape index (κ3) is 8.59. The van der Waals surface area contributed by atoms with Gasteiger partial charge in [0.2, 0.25) is 0 Å². The Morgan fingerprint density at radius 1 is 1.17 bits per heavy atom. The number of carbonyl (C=O) groups is 1. The lowest BCUT2D eigenvalue weighted by atomic mass is 9.96. The van der Waals surface area contributed by atoms with E-state index in [0.29, 0.717) is 6.42 Å². The first-order valence-electron chi connectivity index (χ1n) is 8.20. The minimum atomic E-state index is -0.975. The molecular weight excluding hydrogens is 302 g/mol. The second kappa shape index (κ2) is 8.21. The van der Waals surface area contributed by atoms with Gasteiger partial charge in [-0.15, -0.1) is 0 Å². The fourth-order valence-electron chi connectivity index (χ4n) is 1.96. The Morgan fingerprint density at radius 3 is 2.25 bits per heavy atom. The minimum absolute atomic E-state index is 0.218. The van der Waals surface area contributed by atoms with Crippen molar-refractivity contribution in [3.8, 4) is 11.8 Å². The maximum absolute atomic E-state index is 12.1. The van der Waals surface area contributed by atoms with Crippen LogP contribution in [0.3, 0.4) is 0 Å². The number of rotatable bonds is 4. The zero-order chi connectivity index (χ0) is 18.4. The van der Waals surface area contributed by atoms with Gasteiger partial charge in [-0.2, -0.15) is 0 Å². The average molecular weight is 331 g/mol. The van der Waals surface area contributed by atoms with Gasteiger partial charge >= 0.3 is 6.09 Å². The molecule has 1 aromatic carbocycles. The van der Waals surface area contributed by atoms with Gasteiger partial charge in [0.15, 0.2) is 0 Å². The maximum atomic E-state index is 12.1. The molecule has 1 amide bonds. The second-order valence-corrected chi connectivity index (χ2v) is 7.91. The van der Waals surface area contributed by atoms with Crippen LogP contribution in [0.2, 0.25) is 0 Å². The van der Waals surface area contributed by atoms with E-state index in [0.717, 1.165) is 5.56 Å². The third-order valence-corrected chi connectivity index (χ3v) is 2.98. The van der Waals surface area contributed by atoms with E-state index in [2.05, 4.69) is 17.2 Å². The number of ether oxygens (including phenoxy) is 1. The molecule has 0 aliphatic heterocycles. The average Bonchev–Trinajstić information content (AvgIpc) is 2.42. The summed E-state index contributed by atoms with van der Waals surface area (Å²) >= 11 is 0. The fourth-order valence-corrected chi connectivity index (χ4v) is 1.96. The van der Waals surface area contributed by atoms with Crippen molar-refractivity contribution in [2.24, 2.45) is 5.41 Å². The fraction of sp³-hybridized carbons (Fsp3) is 0.550. The first-order chi connectivity index (χ1) is 11.0. The molecule has 0 radical (unpaired) electrons. The molecule has 2 unspecified atom stereocenters. The van der Waals surface area contributed by atoms with Crippen LogP contribution in [-0.4, -0.2) is 28.9 Å². The Labute approximate surface area is 145 Å². The Hall–Kier alpha value is -1.99. The van der Waals surface area contributed by atoms with E-state index in [1.165, 1.54) is 0 Å². The van der Waals surface area contributed by atoms with Gasteiger partial charge in [0.25, 0.3) is 0 Å². The van der Waals surface area contributed by atoms with Crippen LogP contribution in [0.5, 0.6) is 0 Å². The van der Waals surface area contributed by atoms with Crippen LogP contribution in [0.15, 0.2) is 30.3 Å². The van der Waals surface area contributed by atoms with Gasteiger partial charge in [-0.1, -0.05) is 42.2 Å². The molecule has 1 rings (SSSR count). The van der Waals surface area contributed by atoms with Crippen molar-refractivity contribution < 1.29 is 14.6 Å². The summed E-state index contributed by atoms with van der Waals surface area (Å²) in [5.41, 5.74) is 0.198. The molecule has 0 bridgehead atoms. The summed E-state index contributed by atoms with van der Waals surface area (Å²) in [5, 5.41) is 13.2. The number of benzene rings is 1. The molecular formula is C20H29NO3. The lowest BCUT2D eigenvalue weighted by Gasteiger charge is -2.25. The van der Waals surface area contributed by atoms with Crippen LogP contribution in [0, 0.1) is 17.3 Å². The normalized spacial score (nSPS) is 14.1. The van der Waals surface area contributed by atoms with Crippen LogP contribution >= 0.6 is 0 Å². The predicted octanol–water partition coefficient (Wildman–Crippen LogP) is 3.53. The van der Waals surface area contributed by atoms with Gasteiger partial charge in [-0.3, -0.25) is 0 Å². The van der Waals surface area contributed by atoms with Crippen molar-refractivity contribution in [3.63, 3.8) is 0 Å². The molecule has 0 saturated heterocycles. The first-order valence-corrected chi connectivity index (χ1v) is 8.20. The van der Waals surface area contributed by atoms with E-state index in [4.69, 9.17) is 4.74 Å². The van der Waals surface area contributed by atoms with Gasteiger partial charge in [-0.05, 0) is 53.5 Å². The molecule has 0 aliphatic rings. The zero-order valence-electron chi connectivity index (χ0n) is 15.5. The second-order valence-electron chi connectivity index (χ2n) is 7.91. The molecule has 132 valence electrons. The Kier molecular flexibility index (Phi) is 6.86. The number of hydrogen-bond acceptors (Lipinski definition) is 3. The third-order valence-electron chi connectivity index (χ3n) is 2.98. The molecule has 4 nitrogen and oxygen atoms in total. The molecule has 0 heterocycles. The number of alkyl carbamates (subject to hydrolysis) is 1. The number of nitrogens with one attached hydrogen (secondary N) is 1. The van der Waals surface area contributed by atoms with Crippen molar-refractivity contribution in [2.75, 3.05) is 0 Å². The van der Waals surface area contributed by atoms with Crippen molar-refractivity contribution in [1.82, 2.24) is 5.32 Å². The zero-order valence-corrected chi connectivity index (χ0v) is 15.5. The number of hydrogen-bond donors (Lipinski definition) is 2. The quantitative estimate of drug-likeness (QED) is 0.830. The van der Waals surface area contributed by atoms with E-state index in [-0.39, 0.29) is 5.41 Å². The summed E-state index contributed by atoms with van der Waals surface area (Å²) in [7, 11) is 0. The maximum Gasteiger partial charge on any atom is 0.408 e. The summed E-state index contributed by atoms with van der Waals surface area (Å²) < 4.78 is 5.29. The number of amides is 1. The minimum Gasteiger partial charge on any atom is -0.444 e. The smallest absolute Gasteiger partial charge is 0.408 e. The van der Waals surface area contributed by atoms with Crippen molar-refractivity contribution in [3.05, 3.63) is 35.9 Å². The standard InChI is InChI=1S/C20H29NO3/c1-19(2,3)13-12-17(22)16(14-15-10-8-7-9-11-15)21-18(23)24-20(4,5)6/h7-11,16-17,22H,14H2,1-6H3,(H,21,23). The highest BCUT2D eigenvalue weighted by atomic mass is 16.6. The SMILES string of the molecule is CC(C)(C)C#CC(O)C(Cc1ccccc1)NC(=O)OC(C)(C)C. The molecule has 1 aromatic rings. The lowest BCUT2D eigenvalue weighted by molar-refractivity contribution is 0.0459. The summed E-state index contributed by atoms with van der Waals surface area (Å²) in [6.07, 6.45) is -1.06. The van der Waals surface area contributed by atoms with Crippen LogP contribution in [0.1, 0.15) is 47.1 Å². The van der Waals surface area contributed by atoms with E-state index >= 15 is 0 Å². The Morgan fingerprint density at radius 2 is 1.75 bits per heavy atom. The molecule has 0 fully saturated rings. The predicted molar refractivity (Wildman–Crippen MR) is 96.5 cm³/mol. The largest absolute Gasteiger partial charge is 0.444 e. The Balaban J connectivity index is 2.89. The Bertz CT molecular complexity index is 585. The van der Waals surface area contributed by atoms with Crippen LogP contribution in [0.25, 0.3) is 0 Å². The summed E-state index contributed by atoms with van der Waals surface area (Å²) in [5.74, 6) is 5.86. The summed E-state index contributed by atoms with van der Waals surface area (Å²) in [6, 6.07) is 9.13. The molecule has 0 saturated carbocycles. The highest BCUT2D eigenvalue weighted by Gasteiger charge is 2.24. The lowest BCUT2D eigenvalue weighted by Crippen LogP contribution is -2.46. The highest BCUT2D eigenvalue weighted by Crippen LogP contribution is 2.12. The summed E-state index contributed by atoms with van der Waals surface area (Å²) in [6.45, 7) is 11.3. The van der Waals surface area contributed by atoms with Crippen molar-refractivity contribution >= 4 is 6.09 Å². The van der Waals surface area contributed by atoms with E-state index in [1.807, 2.05) is 51.1 Å². The molecule has 4 heteroatoms. The van der Waals surface area contributed by atoms with Crippen molar-refractivity contribution in [1.29, 1.82) is 0 Å². The van der Waals surface area contributed by atoms with E-state index in [1.54, 1.807) is 20.8 Å². The molecule has 2 N–H and O–H groups in total. The van der Waals surface area contributed by atoms with Crippen LogP contribution < -0.4 is 5.32 Å². The number of aliphatic hydroxyl groups is 1. The van der Waals surface area contributed by atoms with Gasteiger partial charge in [0, 0.05) is 5.41 Å². The number of carbonyl (C=O) groups excluding carboxylic acids is 1. The van der Waals surface area contributed by atoms with Crippen LogP contribution in [0.4, 0.5) is 4.79 Å².